The molecule has 1 saturated heterocycles. The largest absolute Gasteiger partial charge is 0.321 e. The van der Waals surface area contributed by atoms with Gasteiger partial charge in [-0.25, -0.2) is 17.6 Å². The second kappa shape index (κ2) is 6.89. The lowest BCUT2D eigenvalue weighted by atomic mass is 10.0. The van der Waals surface area contributed by atoms with Crippen LogP contribution in [0.1, 0.15) is 32.1 Å². The number of hydrogen-bond acceptors (Lipinski definition) is 2. The van der Waals surface area contributed by atoms with Crippen LogP contribution in [0.3, 0.4) is 0 Å². The summed E-state index contributed by atoms with van der Waals surface area (Å²) in [6, 6.07) is 0.287. The molecule has 1 aromatic carbocycles. The maximum absolute atomic E-state index is 13.4. The number of carbonyl (C=O) groups is 1. The fourth-order valence-corrected chi connectivity index (χ4v) is 2.36. The third kappa shape index (κ3) is 3.93. The Morgan fingerprint density at radius 2 is 1.86 bits per heavy atom. The summed E-state index contributed by atoms with van der Waals surface area (Å²) in [5.74, 6) is -6.96. The number of nitrogens with one attached hydrogen (secondary N) is 2. The molecule has 1 fully saturated rings. The van der Waals surface area contributed by atoms with Gasteiger partial charge in [0.2, 0.25) is 5.91 Å². The Kier molecular flexibility index (Phi) is 5.17. The molecule has 2 N–H and O–H groups in total. The average Bonchev–Trinajstić information content (AvgIpc) is 2.48. The molecule has 0 saturated carbocycles. The highest BCUT2D eigenvalue weighted by Crippen LogP contribution is 2.24. The highest BCUT2D eigenvalue weighted by Gasteiger charge is 2.21. The van der Waals surface area contributed by atoms with Crippen molar-refractivity contribution in [2.75, 3.05) is 11.9 Å². The Labute approximate surface area is 119 Å². The number of amides is 1. The van der Waals surface area contributed by atoms with Crippen LogP contribution in [0.2, 0.25) is 0 Å². The molecule has 1 aliphatic rings. The number of hydrogen-bond donors (Lipinski definition) is 2. The molecule has 0 radical (unpaired) electrons. The first kappa shape index (κ1) is 15.8. The molecule has 1 aliphatic heterocycles. The molecule has 2 rings (SSSR count). The third-order valence-corrected chi connectivity index (χ3v) is 3.51. The van der Waals surface area contributed by atoms with Crippen LogP contribution in [0.25, 0.3) is 0 Å². The molecule has 0 spiro atoms. The normalized spacial score (nSPS) is 18.6. The standard InChI is InChI=1S/C14H16F4N2O/c15-9-7-10(16)13(18)14(12(9)17)20-11(21)5-4-8-3-1-2-6-19-8/h7-8,19H,1-6H2,(H,20,21). The summed E-state index contributed by atoms with van der Waals surface area (Å²) in [4.78, 5) is 11.7. The number of anilines is 1. The Morgan fingerprint density at radius 3 is 2.43 bits per heavy atom. The minimum atomic E-state index is -1.60. The quantitative estimate of drug-likeness (QED) is 0.663. The van der Waals surface area contributed by atoms with Crippen molar-refractivity contribution in [3.63, 3.8) is 0 Å². The van der Waals surface area contributed by atoms with Gasteiger partial charge in [0.15, 0.2) is 23.3 Å². The maximum Gasteiger partial charge on any atom is 0.224 e. The lowest BCUT2D eigenvalue weighted by Gasteiger charge is -2.23. The summed E-state index contributed by atoms with van der Waals surface area (Å²) < 4.78 is 52.8. The molecule has 1 aromatic rings. The first-order valence-electron chi connectivity index (χ1n) is 6.85. The molecule has 116 valence electrons. The van der Waals surface area contributed by atoms with Gasteiger partial charge in [0.1, 0.15) is 5.69 Å². The Bertz CT molecular complexity index is 504. The van der Waals surface area contributed by atoms with Gasteiger partial charge in [-0.15, -0.1) is 0 Å². The Morgan fingerprint density at radius 1 is 1.19 bits per heavy atom. The van der Waals surface area contributed by atoms with E-state index in [1.165, 1.54) is 0 Å². The Balaban J connectivity index is 1.96. The number of halogens is 4. The number of benzene rings is 1. The van der Waals surface area contributed by atoms with Crippen molar-refractivity contribution < 1.29 is 22.4 Å². The summed E-state index contributed by atoms with van der Waals surface area (Å²) in [7, 11) is 0. The fourth-order valence-electron chi connectivity index (χ4n) is 2.36. The maximum atomic E-state index is 13.4. The van der Waals surface area contributed by atoms with Crippen molar-refractivity contribution in [2.24, 2.45) is 0 Å². The SMILES string of the molecule is O=C(CCC1CCCCN1)Nc1c(F)c(F)cc(F)c1F. The van der Waals surface area contributed by atoms with Crippen LogP contribution < -0.4 is 10.6 Å². The molecule has 1 heterocycles. The van der Waals surface area contributed by atoms with E-state index in [0.29, 0.717) is 6.42 Å². The van der Waals surface area contributed by atoms with Gasteiger partial charge < -0.3 is 10.6 Å². The van der Waals surface area contributed by atoms with E-state index in [4.69, 9.17) is 0 Å². The lowest BCUT2D eigenvalue weighted by molar-refractivity contribution is -0.116. The van der Waals surface area contributed by atoms with E-state index in [2.05, 4.69) is 5.32 Å². The zero-order chi connectivity index (χ0) is 15.4. The topological polar surface area (TPSA) is 41.1 Å². The van der Waals surface area contributed by atoms with E-state index < -0.39 is 34.9 Å². The highest BCUT2D eigenvalue weighted by atomic mass is 19.2. The van der Waals surface area contributed by atoms with Gasteiger partial charge in [0, 0.05) is 18.5 Å². The summed E-state index contributed by atoms with van der Waals surface area (Å²) in [6.07, 6.45) is 3.62. The first-order valence-corrected chi connectivity index (χ1v) is 6.85. The van der Waals surface area contributed by atoms with Crippen molar-refractivity contribution >= 4 is 11.6 Å². The zero-order valence-electron chi connectivity index (χ0n) is 11.3. The highest BCUT2D eigenvalue weighted by molar-refractivity contribution is 5.91. The molecule has 0 bridgehead atoms. The van der Waals surface area contributed by atoms with Crippen LogP contribution in [-0.2, 0) is 4.79 Å². The van der Waals surface area contributed by atoms with Crippen molar-refractivity contribution in [3.05, 3.63) is 29.3 Å². The van der Waals surface area contributed by atoms with Gasteiger partial charge in [0.05, 0.1) is 0 Å². The predicted molar refractivity (Wildman–Crippen MR) is 69.8 cm³/mol. The fraction of sp³-hybridized carbons (Fsp3) is 0.500. The van der Waals surface area contributed by atoms with Gasteiger partial charge in [-0.1, -0.05) is 6.42 Å². The van der Waals surface area contributed by atoms with Crippen LogP contribution in [0, 0.1) is 23.3 Å². The van der Waals surface area contributed by atoms with Crippen molar-refractivity contribution in [2.45, 2.75) is 38.1 Å². The molecule has 0 aromatic heterocycles. The van der Waals surface area contributed by atoms with Crippen LogP contribution in [0.4, 0.5) is 23.2 Å². The van der Waals surface area contributed by atoms with Crippen LogP contribution in [0.5, 0.6) is 0 Å². The summed E-state index contributed by atoms with van der Waals surface area (Å²) in [5, 5.41) is 5.13. The van der Waals surface area contributed by atoms with Gasteiger partial charge >= 0.3 is 0 Å². The lowest BCUT2D eigenvalue weighted by Crippen LogP contribution is -2.34. The average molecular weight is 304 g/mol. The summed E-state index contributed by atoms with van der Waals surface area (Å²) in [6.45, 7) is 0.880. The van der Waals surface area contributed by atoms with E-state index in [0.717, 1.165) is 25.8 Å². The number of carbonyl (C=O) groups excluding carboxylic acids is 1. The van der Waals surface area contributed by atoms with E-state index in [-0.39, 0.29) is 18.5 Å². The second-order valence-corrected chi connectivity index (χ2v) is 5.08. The van der Waals surface area contributed by atoms with Crippen LogP contribution in [-0.4, -0.2) is 18.5 Å². The summed E-state index contributed by atoms with van der Waals surface area (Å²) in [5.41, 5.74) is -1.07. The molecular weight excluding hydrogens is 288 g/mol. The van der Waals surface area contributed by atoms with Crippen LogP contribution in [0.15, 0.2) is 6.07 Å². The van der Waals surface area contributed by atoms with Gasteiger partial charge in [-0.05, 0) is 25.8 Å². The minimum Gasteiger partial charge on any atom is -0.321 e. The van der Waals surface area contributed by atoms with Gasteiger partial charge in [0.25, 0.3) is 0 Å². The molecule has 21 heavy (non-hydrogen) atoms. The smallest absolute Gasteiger partial charge is 0.224 e. The predicted octanol–water partition coefficient (Wildman–Crippen LogP) is 3.10. The third-order valence-electron chi connectivity index (χ3n) is 3.51. The molecule has 7 heteroatoms. The molecule has 1 atom stereocenters. The first-order chi connectivity index (χ1) is 9.99. The Hall–Kier alpha value is -1.63. The minimum absolute atomic E-state index is 0.0225. The van der Waals surface area contributed by atoms with Crippen molar-refractivity contribution in [1.29, 1.82) is 0 Å². The molecule has 1 amide bonds. The molecule has 1 unspecified atom stereocenters. The van der Waals surface area contributed by atoms with E-state index in [1.807, 2.05) is 5.32 Å². The second-order valence-electron chi connectivity index (χ2n) is 5.08. The van der Waals surface area contributed by atoms with Crippen LogP contribution >= 0.6 is 0 Å². The summed E-state index contributed by atoms with van der Waals surface area (Å²) >= 11 is 0. The zero-order valence-corrected chi connectivity index (χ0v) is 11.3. The molecule has 3 nitrogen and oxygen atoms in total. The molecule has 0 aliphatic carbocycles. The van der Waals surface area contributed by atoms with E-state index in [9.17, 15) is 22.4 Å². The van der Waals surface area contributed by atoms with Gasteiger partial charge in [-0.3, -0.25) is 4.79 Å². The van der Waals surface area contributed by atoms with Crippen molar-refractivity contribution in [1.82, 2.24) is 5.32 Å². The molecular formula is C14H16F4N2O. The monoisotopic (exact) mass is 304 g/mol. The number of piperidine rings is 1. The van der Waals surface area contributed by atoms with E-state index >= 15 is 0 Å². The van der Waals surface area contributed by atoms with Crippen molar-refractivity contribution in [3.8, 4) is 0 Å². The van der Waals surface area contributed by atoms with Gasteiger partial charge in [-0.2, -0.15) is 0 Å². The number of rotatable bonds is 4. The van der Waals surface area contributed by atoms with E-state index in [1.54, 1.807) is 0 Å².